The highest BCUT2D eigenvalue weighted by atomic mass is 16.5. The molecule has 0 aliphatic carbocycles. The van der Waals surface area contributed by atoms with E-state index in [4.69, 9.17) is 15.2 Å². The molecule has 2 fully saturated rings. The molecular weight excluding hydrogens is 204 g/mol. The molecule has 3 unspecified atom stereocenters. The molecule has 0 bridgehead atoms. The maximum absolute atomic E-state index is 5.77. The van der Waals surface area contributed by atoms with E-state index in [0.717, 1.165) is 32.5 Å². The summed E-state index contributed by atoms with van der Waals surface area (Å²) in [5, 5.41) is 3.45. The first-order valence-electron chi connectivity index (χ1n) is 6.56. The molecule has 0 amide bonds. The lowest BCUT2D eigenvalue weighted by molar-refractivity contribution is 0.0114. The molecule has 0 aromatic heterocycles. The molecule has 4 nitrogen and oxygen atoms in total. The van der Waals surface area contributed by atoms with Gasteiger partial charge in [0.1, 0.15) is 0 Å². The van der Waals surface area contributed by atoms with Crippen molar-refractivity contribution in [3.05, 3.63) is 0 Å². The molecule has 94 valence electrons. The average molecular weight is 228 g/mol. The number of nitrogens with two attached hydrogens (primary N) is 1. The zero-order valence-corrected chi connectivity index (χ0v) is 9.99. The van der Waals surface area contributed by atoms with Crippen LogP contribution in [0.25, 0.3) is 0 Å². The third-order valence-corrected chi connectivity index (χ3v) is 3.48. The van der Waals surface area contributed by atoms with Gasteiger partial charge in [0.15, 0.2) is 0 Å². The van der Waals surface area contributed by atoms with Crippen LogP contribution in [0.15, 0.2) is 0 Å². The summed E-state index contributed by atoms with van der Waals surface area (Å²) < 4.78 is 11.4. The molecular formula is C12H24N2O2. The molecule has 0 saturated carbocycles. The van der Waals surface area contributed by atoms with Gasteiger partial charge in [-0.3, -0.25) is 0 Å². The van der Waals surface area contributed by atoms with Gasteiger partial charge in [-0.15, -0.1) is 0 Å². The van der Waals surface area contributed by atoms with E-state index >= 15 is 0 Å². The molecule has 2 rings (SSSR count). The lowest BCUT2D eigenvalue weighted by Gasteiger charge is -2.23. The van der Waals surface area contributed by atoms with Crippen LogP contribution in [0.2, 0.25) is 0 Å². The van der Waals surface area contributed by atoms with E-state index < -0.39 is 0 Å². The molecule has 2 aliphatic heterocycles. The summed E-state index contributed by atoms with van der Waals surface area (Å²) in [7, 11) is 0. The van der Waals surface area contributed by atoms with E-state index in [2.05, 4.69) is 5.32 Å². The summed E-state index contributed by atoms with van der Waals surface area (Å²) in [5.74, 6) is 0. The Hall–Kier alpha value is -0.160. The lowest BCUT2D eigenvalue weighted by Crippen LogP contribution is -2.36. The molecule has 2 saturated heterocycles. The van der Waals surface area contributed by atoms with Crippen molar-refractivity contribution in [2.45, 2.75) is 50.4 Å². The molecule has 3 N–H and O–H groups in total. The fourth-order valence-electron chi connectivity index (χ4n) is 2.48. The molecule has 0 spiro atoms. The van der Waals surface area contributed by atoms with Crippen molar-refractivity contribution in [3.63, 3.8) is 0 Å². The Morgan fingerprint density at radius 3 is 2.50 bits per heavy atom. The average Bonchev–Trinajstić information content (AvgIpc) is 2.78. The second-order valence-electron chi connectivity index (χ2n) is 4.84. The summed E-state index contributed by atoms with van der Waals surface area (Å²) in [5.41, 5.74) is 5.58. The zero-order chi connectivity index (χ0) is 11.2. The van der Waals surface area contributed by atoms with Crippen LogP contribution in [-0.4, -0.2) is 44.6 Å². The first kappa shape index (κ1) is 12.3. The smallest absolute Gasteiger partial charge is 0.0704 e. The van der Waals surface area contributed by atoms with E-state index in [1.54, 1.807) is 0 Å². The minimum absolute atomic E-state index is 0.290. The summed E-state index contributed by atoms with van der Waals surface area (Å²) in [6.45, 7) is 3.49. The molecule has 0 radical (unpaired) electrons. The van der Waals surface area contributed by atoms with Gasteiger partial charge in [0.05, 0.1) is 18.3 Å². The van der Waals surface area contributed by atoms with Crippen molar-refractivity contribution in [1.29, 1.82) is 0 Å². The quantitative estimate of drug-likeness (QED) is 0.725. The largest absolute Gasteiger partial charge is 0.377 e. The van der Waals surface area contributed by atoms with Crippen molar-refractivity contribution in [2.75, 3.05) is 26.2 Å². The van der Waals surface area contributed by atoms with Gasteiger partial charge in [-0.1, -0.05) is 0 Å². The van der Waals surface area contributed by atoms with E-state index in [-0.39, 0.29) is 6.10 Å². The standard InChI is InChI=1S/C12H24N2O2/c13-7-10-4-5-12(16-10)9-14-8-11-3-1-2-6-15-11/h10-12,14H,1-9,13H2. The van der Waals surface area contributed by atoms with Crippen LogP contribution in [-0.2, 0) is 9.47 Å². The highest BCUT2D eigenvalue weighted by molar-refractivity contribution is 4.76. The van der Waals surface area contributed by atoms with Gasteiger partial charge < -0.3 is 20.5 Å². The van der Waals surface area contributed by atoms with E-state index in [1.165, 1.54) is 19.3 Å². The van der Waals surface area contributed by atoms with Gasteiger partial charge in [-0.05, 0) is 32.1 Å². The van der Waals surface area contributed by atoms with Gasteiger partial charge in [0, 0.05) is 26.2 Å². The van der Waals surface area contributed by atoms with Crippen molar-refractivity contribution in [1.82, 2.24) is 5.32 Å². The Morgan fingerprint density at radius 2 is 1.81 bits per heavy atom. The first-order chi connectivity index (χ1) is 7.88. The normalized spacial score (nSPS) is 35.4. The molecule has 4 heteroatoms. The van der Waals surface area contributed by atoms with Crippen molar-refractivity contribution >= 4 is 0 Å². The summed E-state index contributed by atoms with van der Waals surface area (Å²) >= 11 is 0. The number of hydrogen-bond donors (Lipinski definition) is 2. The third-order valence-electron chi connectivity index (χ3n) is 3.48. The molecule has 0 aromatic carbocycles. The minimum Gasteiger partial charge on any atom is -0.377 e. The Bertz CT molecular complexity index is 195. The summed E-state index contributed by atoms with van der Waals surface area (Å²) in [4.78, 5) is 0. The lowest BCUT2D eigenvalue weighted by atomic mass is 10.1. The maximum atomic E-state index is 5.77. The van der Waals surface area contributed by atoms with Crippen LogP contribution in [0.3, 0.4) is 0 Å². The third kappa shape index (κ3) is 3.70. The number of rotatable bonds is 5. The Kier molecular flexibility index (Phi) is 5.03. The Balaban J connectivity index is 1.54. The Labute approximate surface area is 97.9 Å². The Morgan fingerprint density at radius 1 is 1.00 bits per heavy atom. The second kappa shape index (κ2) is 6.55. The van der Waals surface area contributed by atoms with E-state index in [1.807, 2.05) is 0 Å². The van der Waals surface area contributed by atoms with Gasteiger partial charge in [-0.25, -0.2) is 0 Å². The topological polar surface area (TPSA) is 56.5 Å². The highest BCUT2D eigenvalue weighted by Gasteiger charge is 2.24. The van der Waals surface area contributed by atoms with Crippen molar-refractivity contribution in [2.24, 2.45) is 5.73 Å². The van der Waals surface area contributed by atoms with Crippen LogP contribution in [0, 0.1) is 0 Å². The fraction of sp³-hybridized carbons (Fsp3) is 1.00. The van der Waals surface area contributed by atoms with Crippen molar-refractivity contribution < 1.29 is 9.47 Å². The fourth-order valence-corrected chi connectivity index (χ4v) is 2.48. The van der Waals surface area contributed by atoms with Gasteiger partial charge in [-0.2, -0.15) is 0 Å². The molecule has 3 atom stereocenters. The van der Waals surface area contributed by atoms with Crippen LogP contribution < -0.4 is 11.1 Å². The van der Waals surface area contributed by atoms with Crippen LogP contribution in [0.4, 0.5) is 0 Å². The van der Waals surface area contributed by atoms with Crippen LogP contribution >= 0.6 is 0 Å². The summed E-state index contributed by atoms with van der Waals surface area (Å²) in [6.07, 6.45) is 7.05. The predicted octanol–water partition coefficient (Wildman–Crippen LogP) is 0.651. The molecule has 0 aromatic rings. The maximum Gasteiger partial charge on any atom is 0.0704 e. The SMILES string of the molecule is NCC1CCC(CNCC2CCCCO2)O1. The number of ether oxygens (including phenoxy) is 2. The van der Waals surface area contributed by atoms with E-state index in [0.29, 0.717) is 18.8 Å². The predicted molar refractivity (Wildman–Crippen MR) is 63.4 cm³/mol. The van der Waals surface area contributed by atoms with E-state index in [9.17, 15) is 0 Å². The second-order valence-corrected chi connectivity index (χ2v) is 4.84. The molecule has 2 heterocycles. The zero-order valence-electron chi connectivity index (χ0n) is 9.99. The highest BCUT2D eigenvalue weighted by Crippen LogP contribution is 2.18. The van der Waals surface area contributed by atoms with Gasteiger partial charge in [0.2, 0.25) is 0 Å². The first-order valence-corrected chi connectivity index (χ1v) is 6.56. The monoisotopic (exact) mass is 228 g/mol. The summed E-state index contributed by atoms with van der Waals surface area (Å²) in [6, 6.07) is 0. The van der Waals surface area contributed by atoms with Crippen LogP contribution in [0.5, 0.6) is 0 Å². The van der Waals surface area contributed by atoms with Gasteiger partial charge >= 0.3 is 0 Å². The van der Waals surface area contributed by atoms with Crippen LogP contribution in [0.1, 0.15) is 32.1 Å². The minimum atomic E-state index is 0.290. The molecule has 16 heavy (non-hydrogen) atoms. The molecule has 2 aliphatic rings. The number of nitrogens with one attached hydrogen (secondary N) is 1. The van der Waals surface area contributed by atoms with Crippen molar-refractivity contribution in [3.8, 4) is 0 Å². The number of hydrogen-bond acceptors (Lipinski definition) is 4. The van der Waals surface area contributed by atoms with Gasteiger partial charge in [0.25, 0.3) is 0 Å².